The maximum absolute atomic E-state index is 10.9. The van der Waals surface area contributed by atoms with E-state index in [2.05, 4.69) is 25.7 Å². The SMILES string of the molecule is CC.CC(C)N1CC(C(N)=O)CC1C. The van der Waals surface area contributed by atoms with Gasteiger partial charge >= 0.3 is 0 Å². The van der Waals surface area contributed by atoms with E-state index >= 15 is 0 Å². The van der Waals surface area contributed by atoms with Gasteiger partial charge in [0.15, 0.2) is 0 Å². The van der Waals surface area contributed by atoms with Crippen molar-refractivity contribution in [3.8, 4) is 0 Å². The van der Waals surface area contributed by atoms with Gasteiger partial charge in [0, 0.05) is 18.6 Å². The highest BCUT2D eigenvalue weighted by Gasteiger charge is 2.33. The monoisotopic (exact) mass is 200 g/mol. The van der Waals surface area contributed by atoms with Crippen molar-refractivity contribution in [3.63, 3.8) is 0 Å². The third-order valence-corrected chi connectivity index (χ3v) is 2.69. The van der Waals surface area contributed by atoms with Gasteiger partial charge in [-0.1, -0.05) is 13.8 Å². The Hall–Kier alpha value is -0.570. The minimum absolute atomic E-state index is 0.0717. The minimum Gasteiger partial charge on any atom is -0.369 e. The third-order valence-electron chi connectivity index (χ3n) is 2.69. The van der Waals surface area contributed by atoms with Gasteiger partial charge in [-0.3, -0.25) is 9.69 Å². The average molecular weight is 200 g/mol. The summed E-state index contributed by atoms with van der Waals surface area (Å²) in [5, 5.41) is 0. The summed E-state index contributed by atoms with van der Waals surface area (Å²) in [7, 11) is 0. The normalized spacial score (nSPS) is 27.3. The lowest BCUT2D eigenvalue weighted by Crippen LogP contribution is -2.34. The lowest BCUT2D eigenvalue weighted by Gasteiger charge is -2.25. The van der Waals surface area contributed by atoms with Crippen molar-refractivity contribution >= 4 is 5.91 Å². The van der Waals surface area contributed by atoms with Crippen molar-refractivity contribution in [1.29, 1.82) is 0 Å². The first-order valence-corrected chi connectivity index (χ1v) is 5.57. The highest BCUT2D eigenvalue weighted by Crippen LogP contribution is 2.24. The number of nitrogens with two attached hydrogens (primary N) is 1. The van der Waals surface area contributed by atoms with Crippen LogP contribution in [0.2, 0.25) is 0 Å². The Kier molecular flexibility index (Phi) is 5.77. The molecule has 0 saturated carbocycles. The molecule has 84 valence electrons. The standard InChI is InChI=1S/C9H18N2O.C2H6/c1-6(2)11-5-8(9(10)12)4-7(11)3;1-2/h6-8H,4-5H2,1-3H3,(H2,10,12);1-2H3. The Bertz CT molecular complexity index is 180. The summed E-state index contributed by atoms with van der Waals surface area (Å²) < 4.78 is 0. The summed E-state index contributed by atoms with van der Waals surface area (Å²) in [6.45, 7) is 11.3. The lowest BCUT2D eigenvalue weighted by atomic mass is 10.1. The molecule has 1 heterocycles. The molecule has 0 aromatic heterocycles. The number of carbonyl (C=O) groups is 1. The van der Waals surface area contributed by atoms with Crippen LogP contribution in [-0.2, 0) is 4.79 Å². The molecule has 1 aliphatic heterocycles. The number of rotatable bonds is 2. The van der Waals surface area contributed by atoms with Crippen LogP contribution in [0.1, 0.15) is 41.0 Å². The van der Waals surface area contributed by atoms with Gasteiger partial charge in [0.2, 0.25) is 5.91 Å². The zero-order valence-electron chi connectivity index (χ0n) is 10.1. The first-order chi connectivity index (χ1) is 6.52. The summed E-state index contributed by atoms with van der Waals surface area (Å²) in [4.78, 5) is 13.2. The average Bonchev–Trinajstić information content (AvgIpc) is 2.51. The molecule has 2 atom stereocenters. The van der Waals surface area contributed by atoms with Crippen molar-refractivity contribution in [2.75, 3.05) is 6.54 Å². The molecule has 0 aliphatic carbocycles. The van der Waals surface area contributed by atoms with Crippen LogP contribution in [0.25, 0.3) is 0 Å². The molecule has 1 rings (SSSR count). The number of nitrogens with zero attached hydrogens (tertiary/aromatic N) is 1. The number of hydrogen-bond donors (Lipinski definition) is 1. The quantitative estimate of drug-likeness (QED) is 0.736. The summed E-state index contributed by atoms with van der Waals surface area (Å²) in [6, 6.07) is 1.02. The maximum atomic E-state index is 10.9. The highest BCUT2D eigenvalue weighted by atomic mass is 16.1. The van der Waals surface area contributed by atoms with Crippen LogP contribution in [0, 0.1) is 5.92 Å². The van der Waals surface area contributed by atoms with Crippen molar-refractivity contribution in [1.82, 2.24) is 4.90 Å². The topological polar surface area (TPSA) is 46.3 Å². The Labute approximate surface area is 87.6 Å². The van der Waals surface area contributed by atoms with Gasteiger partial charge in [0.1, 0.15) is 0 Å². The summed E-state index contributed by atoms with van der Waals surface area (Å²) in [6.07, 6.45) is 0.924. The highest BCUT2D eigenvalue weighted by molar-refractivity contribution is 5.77. The second kappa shape index (κ2) is 6.02. The van der Waals surface area contributed by atoms with E-state index in [1.54, 1.807) is 0 Å². The molecule has 0 bridgehead atoms. The zero-order chi connectivity index (χ0) is 11.3. The van der Waals surface area contributed by atoms with Gasteiger partial charge in [-0.05, 0) is 27.2 Å². The predicted octanol–water partition coefficient (Wildman–Crippen LogP) is 1.62. The van der Waals surface area contributed by atoms with Gasteiger partial charge < -0.3 is 5.73 Å². The molecule has 2 unspecified atom stereocenters. The molecule has 1 fully saturated rings. The molecule has 2 N–H and O–H groups in total. The fourth-order valence-corrected chi connectivity index (χ4v) is 1.98. The van der Waals surface area contributed by atoms with E-state index in [0.717, 1.165) is 13.0 Å². The molecular formula is C11H24N2O. The Morgan fingerprint density at radius 2 is 1.93 bits per heavy atom. The van der Waals surface area contributed by atoms with Crippen LogP contribution in [0.15, 0.2) is 0 Å². The largest absolute Gasteiger partial charge is 0.369 e. The zero-order valence-corrected chi connectivity index (χ0v) is 10.1. The Morgan fingerprint density at radius 3 is 2.14 bits per heavy atom. The van der Waals surface area contributed by atoms with Crippen LogP contribution in [-0.4, -0.2) is 29.4 Å². The molecule has 1 amide bonds. The first-order valence-electron chi connectivity index (χ1n) is 5.57. The minimum atomic E-state index is -0.148. The number of hydrogen-bond acceptors (Lipinski definition) is 2. The first kappa shape index (κ1) is 13.4. The molecular weight excluding hydrogens is 176 g/mol. The number of primary amides is 1. The summed E-state index contributed by atoms with van der Waals surface area (Å²) in [5.74, 6) is -0.0765. The number of carbonyl (C=O) groups excluding carboxylic acids is 1. The van der Waals surface area contributed by atoms with E-state index in [9.17, 15) is 4.79 Å². The van der Waals surface area contributed by atoms with Crippen LogP contribution < -0.4 is 5.73 Å². The molecule has 0 aromatic carbocycles. The van der Waals surface area contributed by atoms with Gasteiger partial charge in [0.25, 0.3) is 0 Å². The van der Waals surface area contributed by atoms with E-state index in [0.29, 0.717) is 12.1 Å². The second-order valence-corrected chi connectivity index (χ2v) is 3.97. The third kappa shape index (κ3) is 3.29. The van der Waals surface area contributed by atoms with Crippen LogP contribution in [0.4, 0.5) is 0 Å². The second-order valence-electron chi connectivity index (χ2n) is 3.97. The van der Waals surface area contributed by atoms with E-state index < -0.39 is 0 Å². The summed E-state index contributed by atoms with van der Waals surface area (Å²) >= 11 is 0. The van der Waals surface area contributed by atoms with Crippen LogP contribution >= 0.6 is 0 Å². The van der Waals surface area contributed by atoms with Crippen molar-refractivity contribution in [3.05, 3.63) is 0 Å². The van der Waals surface area contributed by atoms with Gasteiger partial charge in [-0.15, -0.1) is 0 Å². The molecule has 14 heavy (non-hydrogen) atoms. The lowest BCUT2D eigenvalue weighted by molar-refractivity contribution is -0.121. The fraction of sp³-hybridized carbons (Fsp3) is 0.909. The molecule has 0 spiro atoms. The molecule has 3 heteroatoms. The van der Waals surface area contributed by atoms with Gasteiger partial charge in [0.05, 0.1) is 5.92 Å². The smallest absolute Gasteiger partial charge is 0.221 e. The number of likely N-dealkylation sites (tertiary alicyclic amines) is 1. The van der Waals surface area contributed by atoms with Crippen molar-refractivity contribution < 1.29 is 4.79 Å². The molecule has 1 aliphatic rings. The van der Waals surface area contributed by atoms with Crippen molar-refractivity contribution in [2.45, 2.75) is 53.1 Å². The van der Waals surface area contributed by atoms with E-state index in [4.69, 9.17) is 5.73 Å². The van der Waals surface area contributed by atoms with Crippen molar-refractivity contribution in [2.24, 2.45) is 11.7 Å². The molecule has 0 radical (unpaired) electrons. The molecule has 0 aromatic rings. The van der Waals surface area contributed by atoms with E-state index in [-0.39, 0.29) is 11.8 Å². The van der Waals surface area contributed by atoms with E-state index in [1.165, 1.54) is 0 Å². The van der Waals surface area contributed by atoms with E-state index in [1.807, 2.05) is 13.8 Å². The molecule has 1 saturated heterocycles. The van der Waals surface area contributed by atoms with Gasteiger partial charge in [-0.25, -0.2) is 0 Å². The van der Waals surface area contributed by atoms with Crippen LogP contribution in [0.5, 0.6) is 0 Å². The Balaban J connectivity index is 0.000000791. The number of amides is 1. The maximum Gasteiger partial charge on any atom is 0.221 e. The fourth-order valence-electron chi connectivity index (χ4n) is 1.98. The molecule has 3 nitrogen and oxygen atoms in total. The van der Waals surface area contributed by atoms with Crippen LogP contribution in [0.3, 0.4) is 0 Å². The van der Waals surface area contributed by atoms with Gasteiger partial charge in [-0.2, -0.15) is 0 Å². The predicted molar refractivity (Wildman–Crippen MR) is 60.0 cm³/mol. The summed E-state index contributed by atoms with van der Waals surface area (Å²) in [5.41, 5.74) is 5.26. The Morgan fingerprint density at radius 1 is 1.43 bits per heavy atom.